The molecule has 0 unspecified atom stereocenters. The summed E-state index contributed by atoms with van der Waals surface area (Å²) in [6, 6.07) is 9.76. The Labute approximate surface area is 155 Å². The number of aromatic nitrogens is 4. The average Bonchev–Trinajstić information content (AvgIpc) is 3.27. The molecule has 3 heterocycles. The molecule has 1 amide bonds. The third-order valence-corrected chi connectivity index (χ3v) is 4.77. The minimum atomic E-state index is -1.07. The minimum absolute atomic E-state index is 0.0198. The highest BCUT2D eigenvalue weighted by Crippen LogP contribution is 2.24. The Morgan fingerprint density at radius 2 is 2.00 bits per heavy atom. The smallest absolute Gasteiger partial charge is 0.356 e. The number of para-hydroxylation sites is 1. The van der Waals surface area contributed by atoms with Crippen molar-refractivity contribution < 1.29 is 14.7 Å². The molecule has 0 radical (unpaired) electrons. The van der Waals surface area contributed by atoms with Crippen LogP contribution >= 0.6 is 0 Å². The fourth-order valence-corrected chi connectivity index (χ4v) is 3.40. The maximum atomic E-state index is 11.7. The van der Waals surface area contributed by atoms with Gasteiger partial charge in [0, 0.05) is 49.5 Å². The van der Waals surface area contributed by atoms with Gasteiger partial charge in [0.25, 0.3) is 0 Å². The molecule has 4 rings (SSSR count). The maximum Gasteiger partial charge on any atom is 0.356 e. The van der Waals surface area contributed by atoms with Crippen LogP contribution in [0.4, 0.5) is 0 Å². The summed E-state index contributed by atoms with van der Waals surface area (Å²) in [7, 11) is 0. The van der Waals surface area contributed by atoms with E-state index in [-0.39, 0.29) is 18.1 Å². The van der Waals surface area contributed by atoms with Crippen molar-refractivity contribution in [2.24, 2.45) is 0 Å². The van der Waals surface area contributed by atoms with E-state index in [0.29, 0.717) is 25.1 Å². The van der Waals surface area contributed by atoms with Gasteiger partial charge in [-0.05, 0) is 12.1 Å². The number of amides is 1. The Balaban J connectivity index is 1.64. The topological polar surface area (TPSA) is 93.2 Å². The summed E-state index contributed by atoms with van der Waals surface area (Å²) < 4.78 is 3.50. The summed E-state index contributed by atoms with van der Waals surface area (Å²) >= 11 is 0. The van der Waals surface area contributed by atoms with E-state index in [4.69, 9.17) is 0 Å². The van der Waals surface area contributed by atoms with E-state index in [0.717, 1.165) is 16.9 Å². The summed E-state index contributed by atoms with van der Waals surface area (Å²) in [6.07, 6.45) is 4.25. The number of rotatable bonds is 4. The van der Waals surface area contributed by atoms with Crippen LogP contribution in [0.25, 0.3) is 5.69 Å². The van der Waals surface area contributed by atoms with Gasteiger partial charge in [-0.15, -0.1) is 0 Å². The fraction of sp³-hybridized carbons (Fsp3) is 0.263. The van der Waals surface area contributed by atoms with Crippen molar-refractivity contribution in [3.63, 3.8) is 0 Å². The number of carbonyl (C=O) groups is 2. The Kier molecular flexibility index (Phi) is 4.23. The van der Waals surface area contributed by atoms with Crippen LogP contribution in [-0.2, 0) is 24.3 Å². The maximum absolute atomic E-state index is 11.7. The van der Waals surface area contributed by atoms with Gasteiger partial charge < -0.3 is 10.0 Å². The summed E-state index contributed by atoms with van der Waals surface area (Å²) in [5.74, 6) is -1.13. The first-order chi connectivity index (χ1) is 13.0. The standard InChI is InChI=1S/C19H19N5O3/c1-13(25)22-8-7-17-16(12-22)18(19(26)27)21-24(17)11-14-9-20-23(10-14)15-5-3-2-4-6-15/h2-6,9-10H,7-8,11-12H2,1H3,(H,26,27). The molecule has 1 aliphatic rings. The largest absolute Gasteiger partial charge is 0.476 e. The van der Waals surface area contributed by atoms with E-state index >= 15 is 0 Å². The number of aromatic carboxylic acids is 1. The summed E-state index contributed by atoms with van der Waals surface area (Å²) in [5.41, 5.74) is 3.40. The van der Waals surface area contributed by atoms with Crippen LogP contribution in [-0.4, -0.2) is 48.0 Å². The zero-order chi connectivity index (χ0) is 19.0. The first kappa shape index (κ1) is 17.0. The number of fused-ring (bicyclic) bond motifs is 1. The molecule has 0 saturated carbocycles. The van der Waals surface area contributed by atoms with Gasteiger partial charge in [0.15, 0.2) is 5.69 Å². The lowest BCUT2D eigenvalue weighted by Crippen LogP contribution is -2.35. The highest BCUT2D eigenvalue weighted by molar-refractivity contribution is 5.87. The van der Waals surface area contributed by atoms with Gasteiger partial charge in [0.1, 0.15) is 0 Å². The predicted octanol–water partition coefficient (Wildman–Crippen LogP) is 1.72. The van der Waals surface area contributed by atoms with E-state index in [1.54, 1.807) is 20.5 Å². The van der Waals surface area contributed by atoms with Crippen molar-refractivity contribution in [1.82, 2.24) is 24.5 Å². The number of carboxylic acids is 1. The Morgan fingerprint density at radius 1 is 1.22 bits per heavy atom. The SMILES string of the molecule is CC(=O)N1CCc2c(c(C(=O)O)nn2Cc2cnn(-c3ccccc3)c2)C1. The van der Waals surface area contributed by atoms with Crippen molar-refractivity contribution in [3.05, 3.63) is 65.2 Å². The molecule has 2 aromatic heterocycles. The van der Waals surface area contributed by atoms with Gasteiger partial charge in [0.05, 0.1) is 18.4 Å². The molecule has 3 aromatic rings. The van der Waals surface area contributed by atoms with E-state index in [2.05, 4.69) is 10.2 Å². The number of carbonyl (C=O) groups excluding carboxylic acids is 1. The fourth-order valence-electron chi connectivity index (χ4n) is 3.40. The molecule has 138 valence electrons. The van der Waals surface area contributed by atoms with Crippen molar-refractivity contribution in [2.45, 2.75) is 26.4 Å². The van der Waals surface area contributed by atoms with E-state index < -0.39 is 5.97 Å². The molecular formula is C19H19N5O3. The molecule has 8 heteroatoms. The number of hydrogen-bond acceptors (Lipinski definition) is 4. The van der Waals surface area contributed by atoms with Crippen LogP contribution in [0.3, 0.4) is 0 Å². The second-order valence-corrected chi connectivity index (χ2v) is 6.56. The van der Waals surface area contributed by atoms with Crippen LogP contribution < -0.4 is 0 Å². The average molecular weight is 365 g/mol. The van der Waals surface area contributed by atoms with Gasteiger partial charge >= 0.3 is 5.97 Å². The molecule has 0 aliphatic carbocycles. The van der Waals surface area contributed by atoms with Gasteiger partial charge in [-0.3, -0.25) is 9.48 Å². The first-order valence-corrected chi connectivity index (χ1v) is 8.69. The second kappa shape index (κ2) is 6.71. The molecule has 1 aliphatic heterocycles. The molecule has 0 fully saturated rings. The van der Waals surface area contributed by atoms with Crippen LogP contribution in [0.15, 0.2) is 42.7 Å². The van der Waals surface area contributed by atoms with Gasteiger partial charge in [-0.25, -0.2) is 9.48 Å². The Hall–Kier alpha value is -3.42. The highest BCUT2D eigenvalue weighted by Gasteiger charge is 2.29. The Morgan fingerprint density at radius 3 is 2.70 bits per heavy atom. The number of nitrogens with zero attached hydrogens (tertiary/aromatic N) is 5. The normalized spacial score (nSPS) is 13.4. The third kappa shape index (κ3) is 3.21. The molecule has 8 nitrogen and oxygen atoms in total. The van der Waals surface area contributed by atoms with Gasteiger partial charge in [0.2, 0.25) is 5.91 Å². The van der Waals surface area contributed by atoms with Crippen molar-refractivity contribution in [2.75, 3.05) is 6.54 Å². The van der Waals surface area contributed by atoms with E-state index in [9.17, 15) is 14.7 Å². The molecule has 0 saturated heterocycles. The van der Waals surface area contributed by atoms with Crippen molar-refractivity contribution in [1.29, 1.82) is 0 Å². The third-order valence-electron chi connectivity index (χ3n) is 4.77. The quantitative estimate of drug-likeness (QED) is 0.760. The molecular weight excluding hydrogens is 346 g/mol. The van der Waals surface area contributed by atoms with E-state index in [1.807, 2.05) is 36.5 Å². The van der Waals surface area contributed by atoms with Crippen LogP contribution in [0.5, 0.6) is 0 Å². The molecule has 1 aromatic carbocycles. The number of hydrogen-bond donors (Lipinski definition) is 1. The lowest BCUT2D eigenvalue weighted by Gasteiger charge is -2.26. The zero-order valence-electron chi connectivity index (χ0n) is 14.9. The summed E-state index contributed by atoms with van der Waals surface area (Å²) in [6.45, 7) is 2.78. The zero-order valence-corrected chi connectivity index (χ0v) is 14.9. The first-order valence-electron chi connectivity index (χ1n) is 8.69. The van der Waals surface area contributed by atoms with E-state index in [1.165, 1.54) is 6.92 Å². The summed E-state index contributed by atoms with van der Waals surface area (Å²) in [5, 5.41) is 18.2. The van der Waals surface area contributed by atoms with Crippen molar-refractivity contribution >= 4 is 11.9 Å². The van der Waals surface area contributed by atoms with Gasteiger partial charge in [-0.1, -0.05) is 18.2 Å². The lowest BCUT2D eigenvalue weighted by atomic mass is 10.0. The molecule has 0 atom stereocenters. The second-order valence-electron chi connectivity index (χ2n) is 6.56. The predicted molar refractivity (Wildman–Crippen MR) is 96.6 cm³/mol. The minimum Gasteiger partial charge on any atom is -0.476 e. The van der Waals surface area contributed by atoms with Crippen LogP contribution in [0.1, 0.15) is 34.2 Å². The molecule has 0 bridgehead atoms. The highest BCUT2D eigenvalue weighted by atomic mass is 16.4. The van der Waals surface area contributed by atoms with Crippen LogP contribution in [0, 0.1) is 0 Å². The lowest BCUT2D eigenvalue weighted by molar-refractivity contribution is -0.129. The number of benzene rings is 1. The van der Waals surface area contributed by atoms with Crippen LogP contribution in [0.2, 0.25) is 0 Å². The molecule has 0 spiro atoms. The number of carboxylic acid groups (broad SMARTS) is 1. The monoisotopic (exact) mass is 365 g/mol. The molecule has 27 heavy (non-hydrogen) atoms. The Bertz CT molecular complexity index is 1010. The molecule has 1 N–H and O–H groups in total. The van der Waals surface area contributed by atoms with Crippen molar-refractivity contribution in [3.8, 4) is 5.69 Å². The summed E-state index contributed by atoms with van der Waals surface area (Å²) in [4.78, 5) is 24.9. The van der Waals surface area contributed by atoms with Gasteiger partial charge in [-0.2, -0.15) is 10.2 Å².